The zero-order chi connectivity index (χ0) is 23.1. The summed E-state index contributed by atoms with van der Waals surface area (Å²) in [4.78, 5) is 24.4. The van der Waals surface area contributed by atoms with E-state index in [9.17, 15) is 18.0 Å². The number of ether oxygens (including phenoxy) is 1. The molecule has 0 fully saturated rings. The Bertz CT molecular complexity index is 1120. The Morgan fingerprint density at radius 1 is 1.26 bits per heavy atom. The zero-order valence-electron chi connectivity index (χ0n) is 17.4. The van der Waals surface area contributed by atoms with Gasteiger partial charge in [-0.1, -0.05) is 12.1 Å². The van der Waals surface area contributed by atoms with Gasteiger partial charge in [0.25, 0.3) is 11.5 Å². The molecular weight excluding hydrogens is 422 g/mol. The van der Waals surface area contributed by atoms with Crippen LogP contribution in [0.25, 0.3) is 11.1 Å². The van der Waals surface area contributed by atoms with Crippen LogP contribution >= 0.6 is 0 Å². The highest BCUT2D eigenvalue weighted by Gasteiger charge is 2.43. The summed E-state index contributed by atoms with van der Waals surface area (Å²) in [7, 11) is -3.84. The fourth-order valence-electron chi connectivity index (χ4n) is 2.88. The number of carbonyl (C=O) groups is 1. The monoisotopic (exact) mass is 447 g/mol. The molecular formula is C21H25N3O6S. The number of aromatic nitrogens is 1. The number of nitrogens with one attached hydrogen (secondary N) is 1. The van der Waals surface area contributed by atoms with E-state index in [4.69, 9.17) is 15.2 Å². The average Bonchev–Trinajstić information content (AvgIpc) is 2.74. The highest BCUT2D eigenvalue weighted by Crippen LogP contribution is 2.23. The SMILES string of the molecule is C[C@@](CCn1ccc(-c2ccc(OCCCC#N)cc2)cc1=O)(C(=O)NO)S(C)(=O)=O. The average molecular weight is 448 g/mol. The maximum atomic E-state index is 12.5. The van der Waals surface area contributed by atoms with Crippen molar-refractivity contribution >= 4 is 15.7 Å². The number of nitrogens with zero attached hydrogens (tertiary/aromatic N) is 2. The normalized spacial score (nSPS) is 13.1. The quantitative estimate of drug-likeness (QED) is 0.322. The molecule has 1 aromatic carbocycles. The number of rotatable bonds is 10. The van der Waals surface area contributed by atoms with Crippen LogP contribution in [-0.4, -0.2) is 41.7 Å². The van der Waals surface area contributed by atoms with Crippen molar-refractivity contribution in [3.05, 3.63) is 52.9 Å². The third-order valence-corrected chi connectivity index (χ3v) is 7.14. The van der Waals surface area contributed by atoms with Gasteiger partial charge >= 0.3 is 0 Å². The van der Waals surface area contributed by atoms with Crippen molar-refractivity contribution < 1.29 is 23.2 Å². The molecule has 1 amide bonds. The van der Waals surface area contributed by atoms with Gasteiger partial charge in [0.05, 0.1) is 12.7 Å². The second-order valence-corrected chi connectivity index (χ2v) is 9.72. The van der Waals surface area contributed by atoms with Crippen LogP contribution in [0.4, 0.5) is 0 Å². The summed E-state index contributed by atoms with van der Waals surface area (Å²) in [6.45, 7) is 1.63. The van der Waals surface area contributed by atoms with E-state index in [1.165, 1.54) is 29.2 Å². The van der Waals surface area contributed by atoms with Gasteiger partial charge in [-0.2, -0.15) is 5.26 Å². The number of amides is 1. The molecule has 166 valence electrons. The number of hydroxylamine groups is 1. The lowest BCUT2D eigenvalue weighted by Crippen LogP contribution is -2.49. The summed E-state index contributed by atoms with van der Waals surface area (Å²) in [5.41, 5.74) is 2.51. The van der Waals surface area contributed by atoms with E-state index < -0.39 is 20.5 Å². The second kappa shape index (κ2) is 10.2. The molecule has 0 aliphatic heterocycles. The van der Waals surface area contributed by atoms with E-state index in [2.05, 4.69) is 6.07 Å². The Morgan fingerprint density at radius 2 is 1.94 bits per heavy atom. The predicted octanol–water partition coefficient (Wildman–Crippen LogP) is 1.90. The van der Waals surface area contributed by atoms with Gasteiger partial charge in [0.2, 0.25) is 0 Å². The van der Waals surface area contributed by atoms with Crippen molar-refractivity contribution in [1.82, 2.24) is 10.0 Å². The number of hydrogen-bond donors (Lipinski definition) is 2. The molecule has 2 N–H and O–H groups in total. The van der Waals surface area contributed by atoms with E-state index in [1.807, 2.05) is 12.1 Å². The largest absolute Gasteiger partial charge is 0.494 e. The van der Waals surface area contributed by atoms with E-state index in [1.54, 1.807) is 18.2 Å². The van der Waals surface area contributed by atoms with E-state index in [0.29, 0.717) is 30.8 Å². The fourth-order valence-corrected chi connectivity index (χ4v) is 3.72. The molecule has 0 saturated carbocycles. The fraction of sp³-hybridized carbons (Fsp3) is 0.381. The molecule has 9 nitrogen and oxygen atoms in total. The minimum Gasteiger partial charge on any atom is -0.494 e. The number of aryl methyl sites for hydroxylation is 1. The van der Waals surface area contributed by atoms with Crippen LogP contribution in [0.1, 0.15) is 26.2 Å². The molecule has 0 radical (unpaired) electrons. The lowest BCUT2D eigenvalue weighted by atomic mass is 10.1. The highest BCUT2D eigenvalue weighted by molar-refractivity contribution is 7.92. The minimum absolute atomic E-state index is 0.0222. The molecule has 1 atom stereocenters. The van der Waals surface area contributed by atoms with Crippen molar-refractivity contribution in [1.29, 1.82) is 5.26 Å². The molecule has 2 rings (SSSR count). The predicted molar refractivity (Wildman–Crippen MR) is 114 cm³/mol. The van der Waals surface area contributed by atoms with Gasteiger partial charge in [-0.15, -0.1) is 0 Å². The van der Waals surface area contributed by atoms with Gasteiger partial charge in [-0.3, -0.25) is 14.8 Å². The van der Waals surface area contributed by atoms with Crippen molar-refractivity contribution in [2.45, 2.75) is 37.5 Å². The lowest BCUT2D eigenvalue weighted by Gasteiger charge is -2.25. The maximum Gasteiger partial charge on any atom is 0.264 e. The molecule has 0 spiro atoms. The van der Waals surface area contributed by atoms with Crippen LogP contribution in [-0.2, 0) is 21.2 Å². The zero-order valence-corrected chi connectivity index (χ0v) is 18.2. The van der Waals surface area contributed by atoms with Gasteiger partial charge in [0.1, 0.15) is 5.75 Å². The summed E-state index contributed by atoms with van der Waals surface area (Å²) in [6.07, 6.45) is 3.33. The summed E-state index contributed by atoms with van der Waals surface area (Å²) in [6, 6.07) is 12.4. The number of pyridine rings is 1. The Labute approximate surface area is 180 Å². The molecule has 1 heterocycles. The van der Waals surface area contributed by atoms with E-state index >= 15 is 0 Å². The first-order valence-electron chi connectivity index (χ1n) is 9.57. The number of benzene rings is 1. The van der Waals surface area contributed by atoms with Crippen LogP contribution in [0.3, 0.4) is 0 Å². The lowest BCUT2D eigenvalue weighted by molar-refractivity contribution is -0.131. The van der Waals surface area contributed by atoms with Crippen LogP contribution < -0.4 is 15.8 Å². The Balaban J connectivity index is 2.12. The molecule has 0 unspecified atom stereocenters. The topological polar surface area (TPSA) is 138 Å². The number of carbonyl (C=O) groups excluding carboxylic acids is 1. The third kappa shape index (κ3) is 5.93. The molecule has 10 heteroatoms. The van der Waals surface area contributed by atoms with Gasteiger partial charge in [0, 0.05) is 31.5 Å². The molecule has 0 aliphatic rings. The summed E-state index contributed by atoms with van der Waals surface area (Å²) < 4.78 is 29.1. The van der Waals surface area contributed by atoms with Crippen molar-refractivity contribution in [2.24, 2.45) is 0 Å². The van der Waals surface area contributed by atoms with Crippen molar-refractivity contribution in [2.75, 3.05) is 12.9 Å². The standard InChI is InChI=1S/C21H25N3O6S/c1-21(20(26)23-27,31(2,28)29)10-13-24-12-9-17(15-19(24)25)16-5-7-18(8-6-16)30-14-4-3-11-22/h5-9,12,15,27H,3-4,10,13-14H2,1-2H3,(H,23,26)/t21-/m1/s1. The van der Waals surface area contributed by atoms with Gasteiger partial charge in [0.15, 0.2) is 14.6 Å². The first-order valence-corrected chi connectivity index (χ1v) is 11.5. The number of sulfone groups is 1. The molecule has 1 aromatic heterocycles. The van der Waals surface area contributed by atoms with Gasteiger partial charge in [-0.05, 0) is 49.1 Å². The maximum absolute atomic E-state index is 12.5. The van der Waals surface area contributed by atoms with E-state index in [-0.39, 0.29) is 18.5 Å². The van der Waals surface area contributed by atoms with Gasteiger partial charge < -0.3 is 9.30 Å². The molecule has 0 saturated heterocycles. The van der Waals surface area contributed by atoms with Crippen molar-refractivity contribution in [3.63, 3.8) is 0 Å². The van der Waals surface area contributed by atoms with Crippen LogP contribution in [0.5, 0.6) is 5.75 Å². The smallest absolute Gasteiger partial charge is 0.264 e. The van der Waals surface area contributed by atoms with Gasteiger partial charge in [-0.25, -0.2) is 13.9 Å². The first kappa shape index (κ1) is 24.1. The first-order chi connectivity index (χ1) is 14.6. The number of nitriles is 1. The molecule has 31 heavy (non-hydrogen) atoms. The highest BCUT2D eigenvalue weighted by atomic mass is 32.2. The minimum atomic E-state index is -3.84. The summed E-state index contributed by atoms with van der Waals surface area (Å²) in [5.74, 6) is -0.383. The van der Waals surface area contributed by atoms with Crippen LogP contribution in [0, 0.1) is 11.3 Å². The van der Waals surface area contributed by atoms with E-state index in [0.717, 1.165) is 11.8 Å². The van der Waals surface area contributed by atoms with Crippen LogP contribution in [0.15, 0.2) is 47.4 Å². The Kier molecular flexibility index (Phi) is 7.96. The third-order valence-electron chi connectivity index (χ3n) is 5.12. The van der Waals surface area contributed by atoms with Crippen LogP contribution in [0.2, 0.25) is 0 Å². The Hall–Kier alpha value is -3.16. The summed E-state index contributed by atoms with van der Waals surface area (Å²) in [5, 5.41) is 17.4. The molecule has 0 bridgehead atoms. The number of hydrogen-bond acceptors (Lipinski definition) is 7. The molecule has 2 aromatic rings. The number of unbranched alkanes of at least 4 members (excludes halogenated alkanes) is 1. The molecule has 0 aliphatic carbocycles. The summed E-state index contributed by atoms with van der Waals surface area (Å²) >= 11 is 0. The second-order valence-electron chi connectivity index (χ2n) is 7.28. The van der Waals surface area contributed by atoms with Crippen molar-refractivity contribution in [3.8, 4) is 22.9 Å². The Morgan fingerprint density at radius 3 is 2.48 bits per heavy atom.